The van der Waals surface area contributed by atoms with Crippen LogP contribution in [0.15, 0.2) is 18.2 Å². The van der Waals surface area contributed by atoms with E-state index in [1.54, 1.807) is 13.1 Å². The number of nitriles is 1. The van der Waals surface area contributed by atoms with Crippen molar-refractivity contribution >= 4 is 5.69 Å². The topological polar surface area (TPSA) is 76.9 Å². The van der Waals surface area contributed by atoms with Crippen molar-refractivity contribution in [3.8, 4) is 17.7 Å². The molecule has 6 heteroatoms. The Kier molecular flexibility index (Phi) is 3.61. The van der Waals surface area contributed by atoms with E-state index in [1.165, 1.54) is 16.8 Å². The molecule has 0 fully saturated rings. The first-order valence-corrected chi connectivity index (χ1v) is 6.14. The molecule has 0 unspecified atom stereocenters. The zero-order valence-electron chi connectivity index (χ0n) is 11.5. The molecular formula is C14H15FN4O. The summed E-state index contributed by atoms with van der Waals surface area (Å²) in [6.07, 6.45) is 0. The average Bonchev–Trinajstić information content (AvgIpc) is 2.67. The summed E-state index contributed by atoms with van der Waals surface area (Å²) in [7, 11) is 1.71. The van der Waals surface area contributed by atoms with E-state index < -0.39 is 5.82 Å². The number of ether oxygens (including phenoxy) is 1. The van der Waals surface area contributed by atoms with Gasteiger partial charge in [0.05, 0.1) is 11.3 Å². The number of nitrogen functional groups attached to an aromatic ring is 1. The molecule has 104 valence electrons. The number of hydrogen-bond donors (Lipinski definition) is 1. The van der Waals surface area contributed by atoms with Gasteiger partial charge in [-0.05, 0) is 18.1 Å². The third-order valence-electron chi connectivity index (χ3n) is 2.88. The van der Waals surface area contributed by atoms with Crippen LogP contribution in [-0.4, -0.2) is 9.78 Å². The Morgan fingerprint density at radius 1 is 1.45 bits per heavy atom. The fraction of sp³-hybridized carbons (Fsp3) is 0.286. The van der Waals surface area contributed by atoms with E-state index in [9.17, 15) is 4.39 Å². The van der Waals surface area contributed by atoms with Crippen LogP contribution in [0.4, 0.5) is 10.1 Å². The van der Waals surface area contributed by atoms with Crippen LogP contribution in [-0.2, 0) is 7.05 Å². The van der Waals surface area contributed by atoms with Crippen molar-refractivity contribution in [3.63, 3.8) is 0 Å². The summed E-state index contributed by atoms with van der Waals surface area (Å²) in [6, 6.07) is 5.79. The number of benzene rings is 1. The zero-order chi connectivity index (χ0) is 14.9. The molecule has 0 saturated carbocycles. The van der Waals surface area contributed by atoms with E-state index in [1.807, 2.05) is 13.8 Å². The van der Waals surface area contributed by atoms with Crippen LogP contribution in [0, 0.1) is 17.1 Å². The highest BCUT2D eigenvalue weighted by Crippen LogP contribution is 2.33. The number of nitrogens with two attached hydrogens (primary N) is 1. The van der Waals surface area contributed by atoms with E-state index in [2.05, 4.69) is 5.10 Å². The molecule has 0 spiro atoms. The predicted molar refractivity (Wildman–Crippen MR) is 72.9 cm³/mol. The Balaban J connectivity index is 2.36. The summed E-state index contributed by atoms with van der Waals surface area (Å²) >= 11 is 0. The molecule has 1 aromatic heterocycles. The molecule has 2 aromatic rings. The SMILES string of the molecule is CC(C)c1nn(C)c(Oc2ccc(C#N)c(F)c2)c1N. The minimum atomic E-state index is -0.630. The maximum Gasteiger partial charge on any atom is 0.241 e. The largest absolute Gasteiger partial charge is 0.437 e. The molecule has 0 radical (unpaired) electrons. The first-order chi connectivity index (χ1) is 9.43. The number of halogens is 1. The standard InChI is InChI=1S/C14H15FN4O/c1-8(2)13-12(17)14(19(3)18-13)20-10-5-4-9(7-16)11(15)6-10/h4-6,8H,17H2,1-3H3. The number of nitrogens with zero attached hydrogens (tertiary/aromatic N) is 3. The molecule has 0 bridgehead atoms. The molecule has 20 heavy (non-hydrogen) atoms. The van der Waals surface area contributed by atoms with E-state index in [-0.39, 0.29) is 17.2 Å². The normalized spacial score (nSPS) is 10.6. The fourth-order valence-corrected chi connectivity index (χ4v) is 1.85. The van der Waals surface area contributed by atoms with E-state index in [0.717, 1.165) is 11.8 Å². The third-order valence-corrected chi connectivity index (χ3v) is 2.88. The van der Waals surface area contributed by atoms with Crippen molar-refractivity contribution in [3.05, 3.63) is 35.3 Å². The van der Waals surface area contributed by atoms with Gasteiger partial charge in [-0.3, -0.25) is 0 Å². The second kappa shape index (κ2) is 5.21. The van der Waals surface area contributed by atoms with Crippen molar-refractivity contribution in [2.24, 2.45) is 7.05 Å². The molecule has 1 heterocycles. The van der Waals surface area contributed by atoms with Crippen LogP contribution in [0.3, 0.4) is 0 Å². The Morgan fingerprint density at radius 2 is 2.15 bits per heavy atom. The summed E-state index contributed by atoms with van der Waals surface area (Å²) in [5.74, 6) is 0.162. The van der Waals surface area contributed by atoms with E-state index >= 15 is 0 Å². The Morgan fingerprint density at radius 3 is 2.65 bits per heavy atom. The highest BCUT2D eigenvalue weighted by molar-refractivity contribution is 5.55. The Hall–Kier alpha value is -2.55. The lowest BCUT2D eigenvalue weighted by Gasteiger charge is -2.07. The van der Waals surface area contributed by atoms with E-state index in [0.29, 0.717) is 11.6 Å². The molecule has 0 atom stereocenters. The van der Waals surface area contributed by atoms with Gasteiger partial charge in [-0.1, -0.05) is 13.8 Å². The van der Waals surface area contributed by atoms with Crippen LogP contribution in [0.25, 0.3) is 0 Å². The van der Waals surface area contributed by atoms with Gasteiger partial charge >= 0.3 is 0 Å². The summed E-state index contributed by atoms with van der Waals surface area (Å²) in [5.41, 5.74) is 7.13. The molecule has 0 aliphatic rings. The zero-order valence-corrected chi connectivity index (χ0v) is 11.5. The van der Waals surface area contributed by atoms with Gasteiger partial charge in [-0.25, -0.2) is 9.07 Å². The fourth-order valence-electron chi connectivity index (χ4n) is 1.85. The van der Waals surface area contributed by atoms with Crippen molar-refractivity contribution in [1.29, 1.82) is 5.26 Å². The minimum absolute atomic E-state index is 0.0294. The van der Waals surface area contributed by atoms with Gasteiger partial charge in [-0.2, -0.15) is 10.4 Å². The monoisotopic (exact) mass is 274 g/mol. The van der Waals surface area contributed by atoms with Gasteiger partial charge in [-0.15, -0.1) is 0 Å². The quantitative estimate of drug-likeness (QED) is 0.933. The van der Waals surface area contributed by atoms with Gasteiger partial charge in [0.15, 0.2) is 0 Å². The first-order valence-electron chi connectivity index (χ1n) is 6.14. The second-order valence-electron chi connectivity index (χ2n) is 4.74. The lowest BCUT2D eigenvalue weighted by atomic mass is 10.1. The number of anilines is 1. The van der Waals surface area contributed by atoms with Gasteiger partial charge in [0.1, 0.15) is 23.3 Å². The molecule has 5 nitrogen and oxygen atoms in total. The molecule has 0 aliphatic heterocycles. The van der Waals surface area contributed by atoms with Crippen LogP contribution in [0.2, 0.25) is 0 Å². The third kappa shape index (κ3) is 2.43. The maximum atomic E-state index is 13.5. The summed E-state index contributed by atoms with van der Waals surface area (Å²) < 4.78 is 20.6. The van der Waals surface area contributed by atoms with Gasteiger partial charge in [0.2, 0.25) is 5.88 Å². The molecular weight excluding hydrogens is 259 g/mol. The average molecular weight is 274 g/mol. The van der Waals surface area contributed by atoms with Crippen molar-refractivity contribution in [2.75, 3.05) is 5.73 Å². The summed E-state index contributed by atoms with van der Waals surface area (Å²) in [4.78, 5) is 0. The number of aryl methyl sites for hydroxylation is 1. The van der Waals surface area contributed by atoms with Gasteiger partial charge in [0, 0.05) is 13.1 Å². The van der Waals surface area contributed by atoms with Crippen LogP contribution in [0.1, 0.15) is 31.0 Å². The number of aromatic nitrogens is 2. The van der Waals surface area contributed by atoms with E-state index in [4.69, 9.17) is 15.7 Å². The lowest BCUT2D eigenvalue weighted by molar-refractivity contribution is 0.429. The summed E-state index contributed by atoms with van der Waals surface area (Å²) in [6.45, 7) is 3.95. The predicted octanol–water partition coefficient (Wildman–Crippen LogP) is 2.93. The highest BCUT2D eigenvalue weighted by Gasteiger charge is 2.18. The molecule has 0 amide bonds. The van der Waals surface area contributed by atoms with Gasteiger partial charge in [0.25, 0.3) is 0 Å². The lowest BCUT2D eigenvalue weighted by Crippen LogP contribution is -1.97. The highest BCUT2D eigenvalue weighted by atomic mass is 19.1. The van der Waals surface area contributed by atoms with Crippen LogP contribution in [0.5, 0.6) is 11.6 Å². The van der Waals surface area contributed by atoms with Crippen LogP contribution < -0.4 is 10.5 Å². The minimum Gasteiger partial charge on any atom is -0.437 e. The Bertz CT molecular complexity index is 685. The van der Waals surface area contributed by atoms with Crippen molar-refractivity contribution < 1.29 is 9.13 Å². The maximum absolute atomic E-state index is 13.5. The van der Waals surface area contributed by atoms with Crippen molar-refractivity contribution in [2.45, 2.75) is 19.8 Å². The second-order valence-corrected chi connectivity index (χ2v) is 4.74. The molecule has 2 rings (SSSR count). The molecule has 0 saturated heterocycles. The Labute approximate surface area is 116 Å². The summed E-state index contributed by atoms with van der Waals surface area (Å²) in [5, 5.41) is 13.0. The first kappa shape index (κ1) is 13.9. The van der Waals surface area contributed by atoms with Crippen LogP contribution >= 0.6 is 0 Å². The molecule has 1 aromatic carbocycles. The molecule has 2 N–H and O–H groups in total. The van der Waals surface area contributed by atoms with Gasteiger partial charge < -0.3 is 10.5 Å². The smallest absolute Gasteiger partial charge is 0.241 e. The van der Waals surface area contributed by atoms with Crippen molar-refractivity contribution in [1.82, 2.24) is 9.78 Å². The number of rotatable bonds is 3. The number of hydrogen-bond acceptors (Lipinski definition) is 4. The molecule has 0 aliphatic carbocycles.